The summed E-state index contributed by atoms with van der Waals surface area (Å²) in [6.45, 7) is 2.46. The van der Waals surface area contributed by atoms with E-state index in [1.807, 2.05) is 11.3 Å². The predicted octanol–water partition coefficient (Wildman–Crippen LogP) is 4.75. The van der Waals surface area contributed by atoms with E-state index in [-0.39, 0.29) is 0 Å². The summed E-state index contributed by atoms with van der Waals surface area (Å²) in [5.74, 6) is 0. The average Bonchev–Trinajstić information content (AvgIpc) is 2.65. The molecule has 0 unspecified atom stereocenters. The quantitative estimate of drug-likeness (QED) is 0.624. The van der Waals surface area contributed by atoms with Crippen molar-refractivity contribution < 1.29 is 0 Å². The van der Waals surface area contributed by atoms with E-state index >= 15 is 0 Å². The number of thiophene rings is 1. The van der Waals surface area contributed by atoms with Gasteiger partial charge >= 0.3 is 0 Å². The van der Waals surface area contributed by atoms with Crippen LogP contribution in [0.25, 0.3) is 0 Å². The molecule has 0 bridgehead atoms. The normalized spacial score (nSPS) is 22.6. The van der Waals surface area contributed by atoms with Crippen LogP contribution < -0.4 is 0 Å². The first-order chi connectivity index (χ1) is 6.81. The second-order valence-corrected chi connectivity index (χ2v) is 5.75. The van der Waals surface area contributed by atoms with Gasteiger partial charge in [0.1, 0.15) is 0 Å². The van der Waals surface area contributed by atoms with E-state index < -0.39 is 0 Å². The third-order valence-corrected chi connectivity index (χ3v) is 4.75. The van der Waals surface area contributed by atoms with Gasteiger partial charge in [0.05, 0.1) is 0 Å². The minimum Gasteiger partial charge on any atom is -0.148 e. The maximum atomic E-state index is 2.46. The molecule has 1 heteroatoms. The van der Waals surface area contributed by atoms with Gasteiger partial charge < -0.3 is 0 Å². The predicted molar refractivity (Wildman–Crippen MR) is 64.0 cm³/mol. The van der Waals surface area contributed by atoms with Gasteiger partial charge in [0.2, 0.25) is 0 Å². The van der Waals surface area contributed by atoms with Crippen LogP contribution in [0.3, 0.4) is 0 Å². The zero-order chi connectivity index (χ0) is 9.86. The van der Waals surface area contributed by atoms with Crippen molar-refractivity contribution in [3.8, 4) is 0 Å². The molecule has 78 valence electrons. The molecule has 14 heavy (non-hydrogen) atoms. The van der Waals surface area contributed by atoms with Crippen molar-refractivity contribution >= 4 is 11.3 Å². The molecule has 0 amide bonds. The van der Waals surface area contributed by atoms with Crippen LogP contribution in [-0.4, -0.2) is 0 Å². The van der Waals surface area contributed by atoms with E-state index in [9.17, 15) is 0 Å². The molecule has 2 rings (SSSR count). The van der Waals surface area contributed by atoms with Gasteiger partial charge in [0.15, 0.2) is 0 Å². The summed E-state index contributed by atoms with van der Waals surface area (Å²) in [5.41, 5.74) is 0.495. The van der Waals surface area contributed by atoms with Crippen LogP contribution in [0.5, 0.6) is 0 Å². The van der Waals surface area contributed by atoms with E-state index in [1.165, 1.54) is 44.9 Å². The summed E-state index contributed by atoms with van der Waals surface area (Å²) in [5, 5.41) is 2.22. The molecule has 0 aliphatic heterocycles. The van der Waals surface area contributed by atoms with Crippen LogP contribution >= 0.6 is 11.3 Å². The first-order valence-corrected chi connectivity index (χ1v) is 6.73. The fourth-order valence-corrected chi connectivity index (χ4v) is 3.50. The molecule has 1 aliphatic rings. The van der Waals surface area contributed by atoms with Gasteiger partial charge in [-0.05, 0) is 24.3 Å². The Hall–Kier alpha value is -0.300. The molecule has 1 aromatic heterocycles. The highest BCUT2D eigenvalue weighted by Gasteiger charge is 2.27. The lowest BCUT2D eigenvalue weighted by Crippen LogP contribution is -2.21. The lowest BCUT2D eigenvalue weighted by atomic mass is 9.77. The SMILES string of the molecule is CC1(c2cccs2)CCCCCCC1. The molecule has 0 aromatic carbocycles. The summed E-state index contributed by atoms with van der Waals surface area (Å²) in [4.78, 5) is 1.61. The van der Waals surface area contributed by atoms with Crippen LogP contribution in [-0.2, 0) is 5.41 Å². The first-order valence-electron chi connectivity index (χ1n) is 5.85. The van der Waals surface area contributed by atoms with Gasteiger partial charge in [-0.25, -0.2) is 0 Å². The zero-order valence-corrected chi connectivity index (χ0v) is 9.91. The molecule has 1 aliphatic carbocycles. The van der Waals surface area contributed by atoms with E-state index in [4.69, 9.17) is 0 Å². The second kappa shape index (κ2) is 4.48. The summed E-state index contributed by atoms with van der Waals surface area (Å²) in [6.07, 6.45) is 9.99. The third-order valence-electron chi connectivity index (χ3n) is 3.57. The lowest BCUT2D eigenvalue weighted by molar-refractivity contribution is 0.346. The van der Waals surface area contributed by atoms with E-state index in [2.05, 4.69) is 24.4 Å². The molecular weight excluding hydrogens is 188 g/mol. The van der Waals surface area contributed by atoms with Crippen LogP contribution in [0.15, 0.2) is 17.5 Å². The van der Waals surface area contributed by atoms with Crippen molar-refractivity contribution in [3.05, 3.63) is 22.4 Å². The van der Waals surface area contributed by atoms with Crippen LogP contribution in [0.1, 0.15) is 56.7 Å². The highest BCUT2D eigenvalue weighted by molar-refractivity contribution is 7.10. The average molecular weight is 208 g/mol. The molecule has 1 heterocycles. The maximum Gasteiger partial charge on any atom is 0.0104 e. The van der Waals surface area contributed by atoms with Crippen LogP contribution in [0, 0.1) is 0 Å². The smallest absolute Gasteiger partial charge is 0.0104 e. The monoisotopic (exact) mass is 208 g/mol. The highest BCUT2D eigenvalue weighted by Crippen LogP contribution is 2.39. The number of hydrogen-bond donors (Lipinski definition) is 0. The van der Waals surface area contributed by atoms with E-state index in [0.29, 0.717) is 5.41 Å². The molecule has 0 atom stereocenters. The lowest BCUT2D eigenvalue weighted by Gasteiger charge is -2.30. The van der Waals surface area contributed by atoms with Crippen molar-refractivity contribution in [1.82, 2.24) is 0 Å². The topological polar surface area (TPSA) is 0 Å². The maximum absolute atomic E-state index is 2.46. The Morgan fingerprint density at radius 2 is 1.71 bits per heavy atom. The van der Waals surface area contributed by atoms with Crippen molar-refractivity contribution in [2.75, 3.05) is 0 Å². The summed E-state index contributed by atoms with van der Waals surface area (Å²) < 4.78 is 0. The van der Waals surface area contributed by atoms with Crippen LogP contribution in [0.2, 0.25) is 0 Å². The van der Waals surface area contributed by atoms with Crippen molar-refractivity contribution in [1.29, 1.82) is 0 Å². The first kappa shape index (κ1) is 10.2. The van der Waals surface area contributed by atoms with E-state index in [1.54, 1.807) is 4.88 Å². The molecule has 0 radical (unpaired) electrons. The van der Waals surface area contributed by atoms with Gasteiger partial charge in [0, 0.05) is 10.3 Å². The minimum atomic E-state index is 0.495. The number of rotatable bonds is 1. The Kier molecular flexibility index (Phi) is 3.27. The molecule has 0 saturated heterocycles. The summed E-state index contributed by atoms with van der Waals surface area (Å²) in [6, 6.07) is 4.52. The molecule has 1 saturated carbocycles. The van der Waals surface area contributed by atoms with E-state index in [0.717, 1.165) is 0 Å². The van der Waals surface area contributed by atoms with Gasteiger partial charge in [-0.3, -0.25) is 0 Å². The van der Waals surface area contributed by atoms with Gasteiger partial charge in [-0.15, -0.1) is 11.3 Å². The van der Waals surface area contributed by atoms with Gasteiger partial charge in [0.25, 0.3) is 0 Å². The molecular formula is C13H20S. The fourth-order valence-electron chi connectivity index (χ4n) is 2.55. The third kappa shape index (κ3) is 2.20. The van der Waals surface area contributed by atoms with Gasteiger partial charge in [-0.2, -0.15) is 0 Å². The molecule has 1 aromatic rings. The molecule has 0 N–H and O–H groups in total. The Labute approximate surface area is 91.4 Å². The largest absolute Gasteiger partial charge is 0.148 e. The van der Waals surface area contributed by atoms with Crippen molar-refractivity contribution in [2.45, 2.75) is 57.3 Å². The highest BCUT2D eigenvalue weighted by atomic mass is 32.1. The van der Waals surface area contributed by atoms with Gasteiger partial charge in [-0.1, -0.05) is 45.1 Å². The fraction of sp³-hybridized carbons (Fsp3) is 0.692. The van der Waals surface area contributed by atoms with Crippen molar-refractivity contribution in [2.24, 2.45) is 0 Å². The molecule has 0 nitrogen and oxygen atoms in total. The minimum absolute atomic E-state index is 0.495. The Morgan fingerprint density at radius 3 is 2.29 bits per heavy atom. The number of hydrogen-bond acceptors (Lipinski definition) is 1. The Bertz CT molecular complexity index is 253. The molecule has 1 fully saturated rings. The standard InChI is InChI=1S/C13H20S/c1-13(12-8-7-11-14-12)9-5-3-2-4-6-10-13/h7-8,11H,2-6,9-10H2,1H3. The van der Waals surface area contributed by atoms with Crippen molar-refractivity contribution in [3.63, 3.8) is 0 Å². The summed E-state index contributed by atoms with van der Waals surface area (Å²) in [7, 11) is 0. The Balaban J connectivity index is 2.11. The van der Waals surface area contributed by atoms with Crippen LogP contribution in [0.4, 0.5) is 0 Å². The Morgan fingerprint density at radius 1 is 1.07 bits per heavy atom. The second-order valence-electron chi connectivity index (χ2n) is 4.81. The zero-order valence-electron chi connectivity index (χ0n) is 9.09. The molecule has 0 spiro atoms. The summed E-state index contributed by atoms with van der Waals surface area (Å²) >= 11 is 1.94.